The van der Waals surface area contributed by atoms with Crippen molar-refractivity contribution < 1.29 is 27.2 Å². The zero-order valence-corrected chi connectivity index (χ0v) is 14.0. The zero-order chi connectivity index (χ0) is 19.9. The van der Waals surface area contributed by atoms with E-state index in [-0.39, 0.29) is 11.5 Å². The van der Waals surface area contributed by atoms with Crippen molar-refractivity contribution in [2.24, 2.45) is 0 Å². The van der Waals surface area contributed by atoms with Crippen molar-refractivity contribution in [1.29, 1.82) is 0 Å². The minimum Gasteiger partial charge on any atom is -0.343 e. The molecule has 2 N–H and O–H groups in total. The molecule has 0 unspecified atom stereocenters. The highest BCUT2D eigenvalue weighted by Crippen LogP contribution is 2.29. The van der Waals surface area contributed by atoms with Crippen LogP contribution in [-0.4, -0.2) is 28.3 Å². The molecule has 1 aliphatic carbocycles. The molecule has 0 aliphatic heterocycles. The van der Waals surface area contributed by atoms with Crippen LogP contribution in [-0.2, 0) is 11.0 Å². The molecule has 2 aromatic rings. The normalized spacial score (nSPS) is 12.4. The summed E-state index contributed by atoms with van der Waals surface area (Å²) in [5.41, 5.74) is -0.918. The Hall–Kier alpha value is -3.04. The summed E-state index contributed by atoms with van der Waals surface area (Å²) in [6.45, 7) is -0.458. The molecule has 3 rings (SSSR count). The third-order valence-corrected chi connectivity index (χ3v) is 3.11. The van der Waals surface area contributed by atoms with Gasteiger partial charge in [0.2, 0.25) is 11.9 Å². The summed E-state index contributed by atoms with van der Waals surface area (Å²) in [6, 6.07) is 3.53. The number of benzene rings is 1. The number of aromatic nitrogens is 2. The lowest BCUT2D eigenvalue weighted by Crippen LogP contribution is -2.33. The fraction of sp³-hybridized carbons (Fsp3) is 0.294. The second kappa shape index (κ2) is 9.06. The Morgan fingerprint density at radius 3 is 2.04 bits per heavy atom. The quantitative estimate of drug-likeness (QED) is 0.793. The molecule has 1 saturated carbocycles. The Balaban J connectivity index is 0.000000789. The fourth-order valence-electron chi connectivity index (χ4n) is 1.62. The van der Waals surface area contributed by atoms with Crippen molar-refractivity contribution >= 4 is 17.8 Å². The zero-order valence-electron chi connectivity index (χ0n) is 14.0. The van der Waals surface area contributed by atoms with E-state index in [0.29, 0.717) is 0 Å². The van der Waals surface area contributed by atoms with E-state index in [4.69, 9.17) is 0 Å². The molecule has 1 aromatic heterocycles. The highest BCUT2D eigenvalue weighted by molar-refractivity contribution is 5.98. The van der Waals surface area contributed by atoms with Crippen LogP contribution in [0.1, 0.15) is 35.2 Å². The van der Waals surface area contributed by atoms with Crippen LogP contribution < -0.4 is 10.6 Å². The summed E-state index contributed by atoms with van der Waals surface area (Å²) in [6.07, 6.45) is 1.71. The third-order valence-electron chi connectivity index (χ3n) is 3.11. The van der Waals surface area contributed by atoms with E-state index in [1.807, 2.05) is 0 Å². The van der Waals surface area contributed by atoms with Crippen LogP contribution in [0.25, 0.3) is 0 Å². The SMILES string of the molecule is C1CC1.O=C(CNC(=O)c1ccc(C(F)(F)F)cc1)Nc1ncc(F)cn1. The molecular weight excluding hydrogens is 368 g/mol. The van der Waals surface area contributed by atoms with Crippen LogP contribution in [0.2, 0.25) is 0 Å². The van der Waals surface area contributed by atoms with Crippen LogP contribution in [0.3, 0.4) is 0 Å². The number of carbonyl (C=O) groups is 2. The molecule has 1 fully saturated rings. The second-order valence-corrected chi connectivity index (χ2v) is 5.59. The molecule has 0 atom stereocenters. The van der Waals surface area contributed by atoms with E-state index in [1.54, 1.807) is 0 Å². The molecule has 1 aliphatic rings. The first-order chi connectivity index (χ1) is 12.8. The van der Waals surface area contributed by atoms with Gasteiger partial charge in [-0.25, -0.2) is 14.4 Å². The van der Waals surface area contributed by atoms with Crippen LogP contribution in [0.4, 0.5) is 23.5 Å². The van der Waals surface area contributed by atoms with Crippen LogP contribution >= 0.6 is 0 Å². The van der Waals surface area contributed by atoms with Gasteiger partial charge in [0.15, 0.2) is 5.82 Å². The molecule has 2 amide bonds. The summed E-state index contributed by atoms with van der Waals surface area (Å²) in [5, 5.41) is 4.44. The Bertz CT molecular complexity index is 772. The van der Waals surface area contributed by atoms with Gasteiger partial charge in [-0.15, -0.1) is 0 Å². The lowest BCUT2D eigenvalue weighted by atomic mass is 10.1. The van der Waals surface area contributed by atoms with E-state index in [2.05, 4.69) is 20.6 Å². The number of rotatable bonds is 4. The van der Waals surface area contributed by atoms with Gasteiger partial charge in [-0.1, -0.05) is 19.3 Å². The number of nitrogens with zero attached hydrogens (tertiary/aromatic N) is 2. The Kier molecular flexibility index (Phi) is 6.80. The molecule has 1 heterocycles. The average molecular weight is 384 g/mol. The number of nitrogens with one attached hydrogen (secondary N) is 2. The Morgan fingerprint density at radius 2 is 1.56 bits per heavy atom. The molecule has 0 saturated heterocycles. The first kappa shape index (κ1) is 20.3. The van der Waals surface area contributed by atoms with Gasteiger partial charge in [-0.3, -0.25) is 14.9 Å². The number of hydrogen-bond donors (Lipinski definition) is 2. The minimum absolute atomic E-state index is 0.0335. The molecule has 0 bridgehead atoms. The largest absolute Gasteiger partial charge is 0.416 e. The smallest absolute Gasteiger partial charge is 0.343 e. The van der Waals surface area contributed by atoms with Gasteiger partial charge >= 0.3 is 6.18 Å². The average Bonchev–Trinajstić information content (AvgIpc) is 3.50. The maximum absolute atomic E-state index is 12.6. The lowest BCUT2D eigenvalue weighted by molar-refractivity contribution is -0.137. The second-order valence-electron chi connectivity index (χ2n) is 5.59. The predicted molar refractivity (Wildman–Crippen MR) is 88.2 cm³/mol. The molecular formula is C17H16F4N4O2. The van der Waals surface area contributed by atoms with Gasteiger partial charge in [-0.2, -0.15) is 13.2 Å². The number of halogens is 4. The van der Waals surface area contributed by atoms with E-state index in [9.17, 15) is 27.2 Å². The summed E-state index contributed by atoms with van der Waals surface area (Å²) in [4.78, 5) is 30.3. The Morgan fingerprint density at radius 1 is 1.00 bits per heavy atom. The van der Waals surface area contributed by atoms with E-state index < -0.39 is 35.9 Å². The van der Waals surface area contributed by atoms with Gasteiger partial charge in [0.05, 0.1) is 24.5 Å². The maximum atomic E-state index is 12.6. The standard InChI is InChI=1S/C14H10F4N4O2.C3H6/c15-10-5-20-13(21-6-10)22-11(23)7-19-12(24)8-1-3-9(4-2-8)14(16,17)18;1-2-3-1/h1-6H,7H2,(H,19,24)(H,20,21,22,23);1-3H2. The van der Waals surface area contributed by atoms with Crippen LogP contribution in [0.5, 0.6) is 0 Å². The van der Waals surface area contributed by atoms with E-state index in [0.717, 1.165) is 36.7 Å². The summed E-state index contributed by atoms with van der Waals surface area (Å²) >= 11 is 0. The van der Waals surface area contributed by atoms with Crippen molar-refractivity contribution in [3.8, 4) is 0 Å². The molecule has 27 heavy (non-hydrogen) atoms. The molecule has 144 valence electrons. The minimum atomic E-state index is -4.50. The van der Waals surface area contributed by atoms with Crippen molar-refractivity contribution in [2.75, 3.05) is 11.9 Å². The molecule has 6 nitrogen and oxygen atoms in total. The highest BCUT2D eigenvalue weighted by atomic mass is 19.4. The van der Waals surface area contributed by atoms with Crippen molar-refractivity contribution in [3.05, 3.63) is 53.6 Å². The summed E-state index contributed by atoms with van der Waals surface area (Å²) in [5.74, 6) is -2.23. The van der Waals surface area contributed by atoms with Crippen LogP contribution in [0.15, 0.2) is 36.7 Å². The van der Waals surface area contributed by atoms with E-state index >= 15 is 0 Å². The van der Waals surface area contributed by atoms with Gasteiger partial charge in [0.25, 0.3) is 5.91 Å². The lowest BCUT2D eigenvalue weighted by Gasteiger charge is -2.08. The van der Waals surface area contributed by atoms with Crippen molar-refractivity contribution in [3.63, 3.8) is 0 Å². The van der Waals surface area contributed by atoms with Gasteiger partial charge in [0, 0.05) is 5.56 Å². The Labute approximate surface area is 152 Å². The molecule has 0 radical (unpaired) electrons. The highest BCUT2D eigenvalue weighted by Gasteiger charge is 2.30. The first-order valence-electron chi connectivity index (χ1n) is 7.98. The van der Waals surface area contributed by atoms with E-state index in [1.165, 1.54) is 19.3 Å². The predicted octanol–water partition coefficient (Wildman–Crippen LogP) is 3.17. The molecule has 0 spiro atoms. The first-order valence-corrected chi connectivity index (χ1v) is 7.98. The topological polar surface area (TPSA) is 84.0 Å². The summed E-state index contributed by atoms with van der Waals surface area (Å²) in [7, 11) is 0. The number of carbonyl (C=O) groups excluding carboxylic acids is 2. The number of hydrogen-bond acceptors (Lipinski definition) is 4. The molecule has 1 aromatic carbocycles. The van der Waals surface area contributed by atoms with Gasteiger partial charge < -0.3 is 5.32 Å². The van der Waals surface area contributed by atoms with Crippen molar-refractivity contribution in [2.45, 2.75) is 25.4 Å². The third kappa shape index (κ3) is 7.38. The summed E-state index contributed by atoms with van der Waals surface area (Å²) < 4.78 is 49.9. The number of amides is 2. The number of anilines is 1. The number of alkyl halides is 3. The fourth-order valence-corrected chi connectivity index (χ4v) is 1.62. The monoisotopic (exact) mass is 384 g/mol. The van der Waals surface area contributed by atoms with Crippen molar-refractivity contribution in [1.82, 2.24) is 15.3 Å². The molecule has 10 heteroatoms. The van der Waals surface area contributed by atoms with Gasteiger partial charge in [-0.05, 0) is 24.3 Å². The van der Waals surface area contributed by atoms with Gasteiger partial charge in [0.1, 0.15) is 0 Å². The van der Waals surface area contributed by atoms with Crippen LogP contribution in [0, 0.1) is 5.82 Å². The maximum Gasteiger partial charge on any atom is 0.416 e.